The van der Waals surface area contributed by atoms with Crippen molar-refractivity contribution in [1.29, 1.82) is 0 Å². The highest BCUT2D eigenvalue weighted by atomic mass is 16.5. The number of nitrogens with one attached hydrogen (secondary N) is 1. The van der Waals surface area contributed by atoms with Crippen molar-refractivity contribution < 1.29 is 13.9 Å². The molecule has 4 heterocycles. The average Bonchev–Trinajstić information content (AvgIpc) is 3.45. The molecule has 30 heavy (non-hydrogen) atoms. The molecule has 1 spiro atoms. The molecule has 1 amide bonds. The van der Waals surface area contributed by atoms with Crippen LogP contribution in [0.25, 0.3) is 10.9 Å². The van der Waals surface area contributed by atoms with Crippen LogP contribution in [0.5, 0.6) is 0 Å². The van der Waals surface area contributed by atoms with E-state index in [2.05, 4.69) is 39.5 Å². The van der Waals surface area contributed by atoms with Gasteiger partial charge in [-0.05, 0) is 55.5 Å². The minimum Gasteiger partial charge on any atom is -0.459 e. The van der Waals surface area contributed by atoms with E-state index in [4.69, 9.17) is 9.15 Å². The number of hydrogen-bond donors (Lipinski definition) is 1. The fourth-order valence-corrected chi connectivity index (χ4v) is 4.70. The topological polar surface area (TPSA) is 67.6 Å². The van der Waals surface area contributed by atoms with Gasteiger partial charge in [-0.2, -0.15) is 0 Å². The van der Waals surface area contributed by atoms with E-state index in [1.54, 1.807) is 12.1 Å². The van der Waals surface area contributed by atoms with E-state index in [-0.39, 0.29) is 17.6 Å². The predicted molar refractivity (Wildman–Crippen MR) is 114 cm³/mol. The normalized spacial score (nSPS) is 21.3. The third-order valence-corrected chi connectivity index (χ3v) is 6.42. The molecule has 2 aliphatic rings. The molecule has 0 bridgehead atoms. The Labute approximate surface area is 176 Å². The summed E-state index contributed by atoms with van der Waals surface area (Å²) in [6.45, 7) is 3.55. The van der Waals surface area contributed by atoms with Gasteiger partial charge in [0, 0.05) is 37.8 Å². The summed E-state index contributed by atoms with van der Waals surface area (Å²) in [5.74, 6) is 0.171. The van der Waals surface area contributed by atoms with Gasteiger partial charge in [0.05, 0.1) is 23.5 Å². The van der Waals surface area contributed by atoms with Crippen LogP contribution >= 0.6 is 0 Å². The van der Waals surface area contributed by atoms with Crippen molar-refractivity contribution >= 4 is 16.8 Å². The third kappa shape index (κ3) is 4.11. The quantitative estimate of drug-likeness (QED) is 0.700. The van der Waals surface area contributed by atoms with Gasteiger partial charge in [-0.15, -0.1) is 0 Å². The highest BCUT2D eigenvalue weighted by Gasteiger charge is 2.42. The van der Waals surface area contributed by atoms with Gasteiger partial charge >= 0.3 is 0 Å². The Morgan fingerprint density at radius 3 is 2.90 bits per heavy atom. The number of carbonyl (C=O) groups is 1. The second kappa shape index (κ2) is 8.20. The van der Waals surface area contributed by atoms with Gasteiger partial charge in [-0.1, -0.05) is 18.2 Å². The van der Waals surface area contributed by atoms with Crippen LogP contribution in [0.2, 0.25) is 0 Å². The van der Waals surface area contributed by atoms with Crippen LogP contribution in [-0.4, -0.2) is 47.1 Å². The van der Waals surface area contributed by atoms with E-state index >= 15 is 0 Å². The Morgan fingerprint density at radius 1 is 1.17 bits per heavy atom. The van der Waals surface area contributed by atoms with E-state index in [9.17, 15) is 4.79 Å². The van der Waals surface area contributed by atoms with Gasteiger partial charge in [0.15, 0.2) is 5.76 Å². The number of benzene rings is 1. The standard InChI is InChI=1S/C24H27N3O3/c28-23(22-4-2-14-29-22)26-16-20-7-8-24(30-20)9-12-27(13-10-24)17-18-5-6-19-3-1-11-25-21(19)15-18/h1-6,11,14-15,20H,7-10,12-13,16-17H2,(H,26,28)/t20-/m0/s1. The number of furan rings is 1. The summed E-state index contributed by atoms with van der Waals surface area (Å²) in [5, 5.41) is 4.11. The number of ether oxygens (including phenoxy) is 1. The highest BCUT2D eigenvalue weighted by molar-refractivity contribution is 5.91. The van der Waals surface area contributed by atoms with E-state index in [1.807, 2.05) is 12.3 Å². The first-order valence-corrected chi connectivity index (χ1v) is 10.7. The number of nitrogens with zero attached hydrogens (tertiary/aromatic N) is 2. The van der Waals surface area contributed by atoms with Crippen LogP contribution in [0.3, 0.4) is 0 Å². The molecule has 1 N–H and O–H groups in total. The molecule has 5 rings (SSSR count). The highest BCUT2D eigenvalue weighted by Crippen LogP contribution is 2.39. The van der Waals surface area contributed by atoms with Gasteiger partial charge in [0.2, 0.25) is 0 Å². The number of hydrogen-bond acceptors (Lipinski definition) is 5. The molecule has 6 heteroatoms. The van der Waals surface area contributed by atoms with Crippen molar-refractivity contribution in [3.63, 3.8) is 0 Å². The van der Waals surface area contributed by atoms with Crippen LogP contribution in [-0.2, 0) is 11.3 Å². The number of piperidine rings is 1. The molecule has 0 aliphatic carbocycles. The first-order chi connectivity index (χ1) is 14.7. The van der Waals surface area contributed by atoms with Crippen LogP contribution in [0.15, 0.2) is 59.3 Å². The molecular formula is C24H27N3O3. The zero-order valence-corrected chi connectivity index (χ0v) is 17.0. The Balaban J connectivity index is 1.11. The molecule has 0 unspecified atom stereocenters. The maximum Gasteiger partial charge on any atom is 0.287 e. The van der Waals surface area contributed by atoms with Gasteiger partial charge in [-0.25, -0.2) is 0 Å². The molecule has 0 radical (unpaired) electrons. The number of rotatable bonds is 5. The van der Waals surface area contributed by atoms with Crippen molar-refractivity contribution in [2.45, 2.75) is 43.9 Å². The van der Waals surface area contributed by atoms with Crippen LogP contribution in [0, 0.1) is 0 Å². The number of likely N-dealkylation sites (tertiary alicyclic amines) is 1. The summed E-state index contributed by atoms with van der Waals surface area (Å²) in [5.41, 5.74) is 2.34. The molecule has 2 saturated heterocycles. The average molecular weight is 405 g/mol. The van der Waals surface area contributed by atoms with Crippen LogP contribution in [0.4, 0.5) is 0 Å². The van der Waals surface area contributed by atoms with Crippen molar-refractivity contribution in [2.24, 2.45) is 0 Å². The first kappa shape index (κ1) is 19.3. The van der Waals surface area contributed by atoms with Crippen LogP contribution < -0.4 is 5.32 Å². The van der Waals surface area contributed by atoms with E-state index in [0.717, 1.165) is 50.8 Å². The lowest BCUT2D eigenvalue weighted by molar-refractivity contribution is -0.0764. The Bertz CT molecular complexity index is 1010. The molecule has 6 nitrogen and oxygen atoms in total. The number of pyridine rings is 1. The predicted octanol–water partition coefficient (Wildman–Crippen LogP) is 3.77. The summed E-state index contributed by atoms with van der Waals surface area (Å²) in [6, 6.07) is 14.0. The van der Waals surface area contributed by atoms with Gasteiger partial charge in [-0.3, -0.25) is 14.7 Å². The maximum atomic E-state index is 12.1. The number of amides is 1. The zero-order valence-electron chi connectivity index (χ0n) is 17.0. The lowest BCUT2D eigenvalue weighted by Crippen LogP contribution is -2.44. The lowest BCUT2D eigenvalue weighted by Gasteiger charge is -2.39. The Hall–Kier alpha value is -2.70. The van der Waals surface area contributed by atoms with Crippen molar-refractivity contribution in [1.82, 2.24) is 15.2 Å². The summed E-state index contributed by atoms with van der Waals surface area (Å²) >= 11 is 0. The molecular weight excluding hydrogens is 378 g/mol. The Kier molecular flexibility index (Phi) is 5.27. The molecule has 1 aromatic carbocycles. The molecule has 2 aliphatic heterocycles. The second-order valence-electron chi connectivity index (χ2n) is 8.46. The number of aromatic nitrogens is 1. The minimum atomic E-state index is -0.177. The van der Waals surface area contributed by atoms with Crippen LogP contribution in [0.1, 0.15) is 41.8 Å². The lowest BCUT2D eigenvalue weighted by atomic mass is 9.88. The number of carbonyl (C=O) groups excluding carboxylic acids is 1. The zero-order chi connectivity index (χ0) is 20.4. The molecule has 2 fully saturated rings. The van der Waals surface area contributed by atoms with Gasteiger partial charge < -0.3 is 14.5 Å². The van der Waals surface area contributed by atoms with E-state index in [1.165, 1.54) is 17.2 Å². The summed E-state index contributed by atoms with van der Waals surface area (Å²) in [6.07, 6.45) is 7.60. The third-order valence-electron chi connectivity index (χ3n) is 6.42. The Morgan fingerprint density at radius 2 is 2.07 bits per heavy atom. The molecule has 2 aromatic heterocycles. The van der Waals surface area contributed by atoms with Gasteiger partial charge in [0.1, 0.15) is 0 Å². The fraction of sp³-hybridized carbons (Fsp3) is 0.417. The minimum absolute atomic E-state index is 0.0263. The van der Waals surface area contributed by atoms with Crippen molar-refractivity contribution in [3.05, 3.63) is 66.2 Å². The molecule has 3 aromatic rings. The summed E-state index contributed by atoms with van der Waals surface area (Å²) < 4.78 is 11.6. The SMILES string of the molecule is O=C(NC[C@@H]1CCC2(CCN(Cc3ccc4cccnc4c3)CC2)O1)c1ccco1. The van der Waals surface area contributed by atoms with Crippen molar-refractivity contribution in [3.8, 4) is 0 Å². The maximum absolute atomic E-state index is 12.1. The van der Waals surface area contributed by atoms with Crippen molar-refractivity contribution in [2.75, 3.05) is 19.6 Å². The van der Waals surface area contributed by atoms with E-state index in [0.29, 0.717) is 12.3 Å². The van der Waals surface area contributed by atoms with E-state index < -0.39 is 0 Å². The molecule has 0 saturated carbocycles. The smallest absolute Gasteiger partial charge is 0.287 e. The summed E-state index contributed by atoms with van der Waals surface area (Å²) in [4.78, 5) is 19.0. The fourth-order valence-electron chi connectivity index (χ4n) is 4.70. The molecule has 1 atom stereocenters. The number of fused-ring (bicyclic) bond motifs is 1. The first-order valence-electron chi connectivity index (χ1n) is 10.7. The second-order valence-corrected chi connectivity index (χ2v) is 8.46. The monoisotopic (exact) mass is 405 g/mol. The summed E-state index contributed by atoms with van der Waals surface area (Å²) in [7, 11) is 0. The largest absolute Gasteiger partial charge is 0.459 e. The molecule has 156 valence electrons. The van der Waals surface area contributed by atoms with Gasteiger partial charge in [0.25, 0.3) is 5.91 Å².